The Hall–Kier alpha value is -5.75. The molecule has 6 aromatic carbocycles. The van der Waals surface area contributed by atoms with Gasteiger partial charge in [-0.05, 0) is 41.2 Å². The summed E-state index contributed by atoms with van der Waals surface area (Å²) < 4.78 is 4.31. The molecule has 47 heavy (non-hydrogen) atoms. The van der Waals surface area contributed by atoms with Crippen LogP contribution < -0.4 is 0 Å². The van der Waals surface area contributed by atoms with Crippen LogP contribution in [0.1, 0.15) is 0 Å². The second-order valence-corrected chi connectivity index (χ2v) is 11.5. The van der Waals surface area contributed by atoms with Gasteiger partial charge in [0.25, 0.3) is 0 Å². The molecule has 4 heterocycles. The third-order valence-electron chi connectivity index (χ3n) is 8.96. The number of rotatable bonds is 3. The normalized spacial score (nSPS) is 11.7. The predicted molar refractivity (Wildman–Crippen MR) is 186 cm³/mol. The van der Waals surface area contributed by atoms with Crippen LogP contribution in [-0.2, 0) is 20.1 Å². The average molecular weight is 780 g/mol. The summed E-state index contributed by atoms with van der Waals surface area (Å²) in [5.41, 5.74) is 5.95. The molecule has 0 fully saturated rings. The van der Waals surface area contributed by atoms with Crippen molar-refractivity contribution in [2.75, 3.05) is 0 Å². The Bertz CT molecular complexity index is 2590. The van der Waals surface area contributed by atoms with Crippen LogP contribution in [0.25, 0.3) is 88.6 Å². The molecule has 7 heteroatoms. The molecule has 0 saturated carbocycles. The topological polar surface area (TPSA) is 61.4 Å². The molecule has 0 saturated heterocycles. The first kappa shape index (κ1) is 27.6. The minimum atomic E-state index is 0. The molecule has 223 valence electrons. The van der Waals surface area contributed by atoms with Gasteiger partial charge in [-0.15, -0.1) is 23.6 Å². The largest absolute Gasteiger partial charge is 0.304 e. The number of para-hydroxylation sites is 4. The second kappa shape index (κ2) is 10.7. The predicted octanol–water partition coefficient (Wildman–Crippen LogP) is 9.23. The van der Waals surface area contributed by atoms with Crippen molar-refractivity contribution in [1.82, 2.24) is 29.1 Å². The van der Waals surface area contributed by atoms with Crippen molar-refractivity contribution in [2.24, 2.45) is 0 Å². The SMILES string of the molecule is [Ir].[c-]1ccc(-c2nc(-n3c4ccccc4c4ccccc43)nc(-n3c4ccccc4c4ccccc43)n2)c2ccc3cccnc3c12. The van der Waals surface area contributed by atoms with Gasteiger partial charge in [-0.25, -0.2) is 0 Å². The first-order chi connectivity index (χ1) is 22.8. The van der Waals surface area contributed by atoms with E-state index >= 15 is 0 Å². The number of benzene rings is 6. The van der Waals surface area contributed by atoms with Crippen molar-refractivity contribution in [1.29, 1.82) is 0 Å². The zero-order valence-corrected chi connectivity index (χ0v) is 27.2. The van der Waals surface area contributed by atoms with E-state index in [1.54, 1.807) is 0 Å². The number of fused-ring (bicyclic) bond motifs is 9. The van der Waals surface area contributed by atoms with Crippen molar-refractivity contribution in [3.63, 3.8) is 0 Å². The summed E-state index contributed by atoms with van der Waals surface area (Å²) >= 11 is 0. The average Bonchev–Trinajstić information content (AvgIpc) is 3.64. The Kier molecular flexibility index (Phi) is 6.25. The molecule has 1 radical (unpaired) electrons. The summed E-state index contributed by atoms with van der Waals surface area (Å²) in [6, 6.07) is 49.4. The van der Waals surface area contributed by atoms with E-state index in [0.29, 0.717) is 17.7 Å². The van der Waals surface area contributed by atoms with E-state index in [0.717, 1.165) is 70.9 Å². The molecule has 0 bridgehead atoms. The van der Waals surface area contributed by atoms with Crippen molar-refractivity contribution >= 4 is 65.3 Å². The van der Waals surface area contributed by atoms with Crippen molar-refractivity contribution in [3.05, 3.63) is 146 Å². The minimum absolute atomic E-state index is 0. The minimum Gasteiger partial charge on any atom is -0.304 e. The van der Waals surface area contributed by atoms with Gasteiger partial charge < -0.3 is 4.98 Å². The first-order valence-electron chi connectivity index (χ1n) is 15.3. The molecule has 0 N–H and O–H groups in total. The maximum atomic E-state index is 5.26. The van der Waals surface area contributed by atoms with Crippen LogP contribution in [0.3, 0.4) is 0 Å². The molecule has 0 atom stereocenters. The number of hydrogen-bond acceptors (Lipinski definition) is 4. The van der Waals surface area contributed by atoms with Gasteiger partial charge in [-0.2, -0.15) is 15.0 Å². The van der Waals surface area contributed by atoms with Gasteiger partial charge in [-0.3, -0.25) is 9.13 Å². The monoisotopic (exact) mass is 780 g/mol. The Balaban J connectivity index is 0.00000302. The molecule has 6 nitrogen and oxygen atoms in total. The standard InChI is InChI=1S/C40H23N6.Ir/c1-5-18-33-27(12-1)28-13-2-6-19-34(28)45(33)39-42-38(32-17-9-16-31-26(32)23-22-25-11-10-24-41-37(25)31)43-40(44-39)46-35-20-7-3-14-29(35)30-15-4-8-21-36(30)46;/h1-15,17-24H;/q-1;. The molecule has 10 rings (SSSR count). The number of pyridine rings is 1. The van der Waals surface area contributed by atoms with E-state index in [9.17, 15) is 0 Å². The molecule has 0 aliphatic rings. The first-order valence-corrected chi connectivity index (χ1v) is 15.3. The number of aromatic nitrogens is 6. The fourth-order valence-electron chi connectivity index (χ4n) is 6.96. The van der Waals surface area contributed by atoms with Crippen molar-refractivity contribution < 1.29 is 20.1 Å². The zero-order valence-electron chi connectivity index (χ0n) is 24.8. The molecule has 0 aliphatic heterocycles. The van der Waals surface area contributed by atoms with E-state index in [2.05, 4.69) is 130 Å². The summed E-state index contributed by atoms with van der Waals surface area (Å²) in [4.78, 5) is 20.4. The Morgan fingerprint density at radius 1 is 0.468 bits per heavy atom. The van der Waals surface area contributed by atoms with Crippen molar-refractivity contribution in [3.8, 4) is 23.3 Å². The molecular formula is C40H23IrN6-. The molecule has 0 unspecified atom stereocenters. The van der Waals surface area contributed by atoms with Crippen LogP contribution in [0, 0.1) is 6.07 Å². The van der Waals surface area contributed by atoms with Crippen LogP contribution in [-0.4, -0.2) is 29.1 Å². The summed E-state index contributed by atoms with van der Waals surface area (Å²) in [7, 11) is 0. The van der Waals surface area contributed by atoms with Gasteiger partial charge in [0, 0.05) is 47.8 Å². The maximum Gasteiger partial charge on any atom is 0.240 e. The van der Waals surface area contributed by atoms with Crippen LogP contribution in [0.5, 0.6) is 0 Å². The van der Waals surface area contributed by atoms with E-state index in [1.165, 1.54) is 0 Å². The van der Waals surface area contributed by atoms with E-state index in [1.807, 2.05) is 24.4 Å². The van der Waals surface area contributed by atoms with Gasteiger partial charge >= 0.3 is 0 Å². The Labute approximate surface area is 282 Å². The van der Waals surface area contributed by atoms with Crippen LogP contribution in [0.15, 0.2) is 140 Å². The molecule has 0 spiro atoms. The fraction of sp³-hybridized carbons (Fsp3) is 0. The summed E-state index contributed by atoms with van der Waals surface area (Å²) in [5, 5.41) is 7.59. The Morgan fingerprint density at radius 3 is 1.51 bits per heavy atom. The fourth-order valence-corrected chi connectivity index (χ4v) is 6.96. The summed E-state index contributed by atoms with van der Waals surface area (Å²) in [5.74, 6) is 1.69. The Morgan fingerprint density at radius 2 is 0.979 bits per heavy atom. The van der Waals surface area contributed by atoms with E-state index < -0.39 is 0 Å². The molecule has 0 aliphatic carbocycles. The van der Waals surface area contributed by atoms with Crippen LogP contribution >= 0.6 is 0 Å². The van der Waals surface area contributed by atoms with Crippen LogP contribution in [0.2, 0.25) is 0 Å². The van der Waals surface area contributed by atoms with Gasteiger partial charge in [0.15, 0.2) is 0 Å². The van der Waals surface area contributed by atoms with Gasteiger partial charge in [0.05, 0.1) is 22.1 Å². The zero-order chi connectivity index (χ0) is 30.2. The third kappa shape index (κ3) is 4.07. The molecule has 10 aromatic rings. The van der Waals surface area contributed by atoms with Gasteiger partial charge in [0.1, 0.15) is 5.82 Å². The number of hydrogen-bond donors (Lipinski definition) is 0. The molecule has 4 aromatic heterocycles. The smallest absolute Gasteiger partial charge is 0.240 e. The second-order valence-electron chi connectivity index (χ2n) is 11.5. The molecule has 0 amide bonds. The van der Waals surface area contributed by atoms with E-state index in [4.69, 9.17) is 19.9 Å². The van der Waals surface area contributed by atoms with Gasteiger partial charge in [0.2, 0.25) is 11.9 Å². The quantitative estimate of drug-likeness (QED) is 0.133. The summed E-state index contributed by atoms with van der Waals surface area (Å²) in [6.07, 6.45) is 1.83. The third-order valence-corrected chi connectivity index (χ3v) is 8.96. The summed E-state index contributed by atoms with van der Waals surface area (Å²) in [6.45, 7) is 0. The van der Waals surface area contributed by atoms with Crippen molar-refractivity contribution in [2.45, 2.75) is 0 Å². The number of nitrogens with zero attached hydrogens (tertiary/aromatic N) is 6. The van der Waals surface area contributed by atoms with E-state index in [-0.39, 0.29) is 20.1 Å². The van der Waals surface area contributed by atoms with Crippen LogP contribution in [0.4, 0.5) is 0 Å². The molecular weight excluding hydrogens is 757 g/mol. The van der Waals surface area contributed by atoms with Gasteiger partial charge in [-0.1, -0.05) is 102 Å². The maximum absolute atomic E-state index is 5.26.